The first-order chi connectivity index (χ1) is 15.1. The second-order valence-corrected chi connectivity index (χ2v) is 11.9. The minimum atomic E-state index is -0.781. The average molecular weight is 480 g/mol. The third-order valence-electron chi connectivity index (χ3n) is 7.42. The Bertz CT molecular complexity index is 942. The zero-order valence-electron chi connectivity index (χ0n) is 18.7. The van der Waals surface area contributed by atoms with Crippen LogP contribution in [-0.2, 0) is 14.4 Å². The maximum Gasteiger partial charge on any atom is 0.248 e. The van der Waals surface area contributed by atoms with Gasteiger partial charge in [0.1, 0.15) is 6.04 Å². The molecule has 6 atom stereocenters. The maximum atomic E-state index is 13.9. The Labute approximate surface area is 197 Å². The molecule has 9 heteroatoms. The van der Waals surface area contributed by atoms with Crippen LogP contribution in [0.2, 0.25) is 5.02 Å². The van der Waals surface area contributed by atoms with Crippen molar-refractivity contribution in [3.05, 3.63) is 29.3 Å². The first-order valence-corrected chi connectivity index (χ1v) is 12.2. The van der Waals surface area contributed by atoms with E-state index in [1.165, 1.54) is 0 Å². The number of nitrogens with zero attached hydrogens (tertiary/aromatic N) is 1. The minimum Gasteiger partial charge on any atom is -0.394 e. The van der Waals surface area contributed by atoms with Crippen LogP contribution in [0.3, 0.4) is 0 Å². The molecule has 3 aliphatic rings. The first-order valence-electron chi connectivity index (χ1n) is 11.0. The molecule has 7 nitrogen and oxygen atoms in total. The molecule has 3 saturated heterocycles. The monoisotopic (exact) mass is 479 g/mol. The van der Waals surface area contributed by atoms with E-state index in [4.69, 9.17) is 11.6 Å². The third-order valence-corrected chi connectivity index (χ3v) is 9.66. The van der Waals surface area contributed by atoms with Crippen molar-refractivity contribution >= 4 is 46.8 Å². The number of thioether (sulfide) groups is 1. The number of likely N-dealkylation sites (tertiary alicyclic amines) is 1. The summed E-state index contributed by atoms with van der Waals surface area (Å²) in [7, 11) is 1.58. The van der Waals surface area contributed by atoms with Crippen LogP contribution < -0.4 is 10.6 Å². The summed E-state index contributed by atoms with van der Waals surface area (Å²) in [5.74, 6) is -1.83. The van der Waals surface area contributed by atoms with Gasteiger partial charge in [-0.3, -0.25) is 14.4 Å². The van der Waals surface area contributed by atoms with E-state index < -0.39 is 33.4 Å². The number of rotatable bonds is 6. The van der Waals surface area contributed by atoms with Crippen molar-refractivity contribution in [1.82, 2.24) is 10.2 Å². The molecule has 1 spiro atoms. The van der Waals surface area contributed by atoms with Crippen molar-refractivity contribution in [2.24, 2.45) is 17.8 Å². The van der Waals surface area contributed by atoms with E-state index in [1.54, 1.807) is 48.0 Å². The van der Waals surface area contributed by atoms with Gasteiger partial charge in [0.05, 0.1) is 29.2 Å². The van der Waals surface area contributed by atoms with Crippen LogP contribution in [0.4, 0.5) is 5.69 Å². The average Bonchev–Trinajstić information content (AvgIpc) is 3.31. The van der Waals surface area contributed by atoms with Gasteiger partial charge in [0.2, 0.25) is 17.7 Å². The molecular formula is C23H30ClN3O4S. The number of aliphatic hydroxyl groups excluding tert-OH is 1. The van der Waals surface area contributed by atoms with Gasteiger partial charge in [0, 0.05) is 22.5 Å². The fraction of sp³-hybridized carbons (Fsp3) is 0.609. The van der Waals surface area contributed by atoms with Crippen LogP contribution >= 0.6 is 23.4 Å². The normalized spacial score (nSPS) is 34.0. The number of aliphatic hydroxyl groups is 1. The molecule has 3 fully saturated rings. The molecule has 4 rings (SSSR count). The summed E-state index contributed by atoms with van der Waals surface area (Å²) in [6.07, 6.45) is 1.42. The molecule has 174 valence electrons. The fourth-order valence-corrected chi connectivity index (χ4v) is 8.41. The summed E-state index contributed by atoms with van der Waals surface area (Å²) in [6, 6.07) is 5.53. The Morgan fingerprint density at radius 3 is 2.47 bits per heavy atom. The summed E-state index contributed by atoms with van der Waals surface area (Å²) in [6.45, 7) is 5.64. The zero-order valence-corrected chi connectivity index (χ0v) is 20.3. The van der Waals surface area contributed by atoms with Gasteiger partial charge in [0.15, 0.2) is 0 Å². The lowest BCUT2D eigenvalue weighted by Gasteiger charge is -2.38. The van der Waals surface area contributed by atoms with Gasteiger partial charge in [0.25, 0.3) is 0 Å². The summed E-state index contributed by atoms with van der Waals surface area (Å²) in [5.41, 5.74) is 0.586. The van der Waals surface area contributed by atoms with Crippen molar-refractivity contribution in [1.29, 1.82) is 0 Å². The van der Waals surface area contributed by atoms with Crippen LogP contribution in [0.1, 0.15) is 33.6 Å². The quantitative estimate of drug-likeness (QED) is 0.582. The molecule has 2 bridgehead atoms. The lowest BCUT2D eigenvalue weighted by molar-refractivity contribution is -0.143. The number of hydrogen-bond acceptors (Lipinski definition) is 5. The second kappa shape index (κ2) is 8.22. The molecule has 3 N–H and O–H groups in total. The maximum absolute atomic E-state index is 13.9. The number of anilines is 1. The molecule has 0 aliphatic carbocycles. The standard InChI is InChI=1S/C23H30ClN3O4S/c1-12(2)15(11-28)27-18(20(30)26-14-7-5-13(24)6-8-14)23-10-9-22(3,32-23)16(19(29)25-4)17(23)21(27)31/h5-8,12,15-18,28H,9-11H2,1-4H3,(H,25,29)(H,26,30)/t15-,16+,17-,18?,22-,23?/m0/s1. The highest BCUT2D eigenvalue weighted by molar-refractivity contribution is 8.02. The first kappa shape index (κ1) is 23.4. The molecule has 32 heavy (non-hydrogen) atoms. The summed E-state index contributed by atoms with van der Waals surface area (Å²) < 4.78 is -1.11. The van der Waals surface area contributed by atoms with Crippen molar-refractivity contribution in [3.8, 4) is 0 Å². The molecule has 0 radical (unpaired) electrons. The predicted octanol–water partition coefficient (Wildman–Crippen LogP) is 2.52. The van der Waals surface area contributed by atoms with Crippen LogP contribution in [0.25, 0.3) is 0 Å². The Kier molecular flexibility index (Phi) is 6.01. The van der Waals surface area contributed by atoms with E-state index in [0.717, 1.165) is 6.42 Å². The number of halogens is 1. The van der Waals surface area contributed by atoms with E-state index in [2.05, 4.69) is 10.6 Å². The summed E-state index contributed by atoms with van der Waals surface area (Å²) in [4.78, 5) is 42.1. The van der Waals surface area contributed by atoms with Crippen molar-refractivity contribution < 1.29 is 19.5 Å². The van der Waals surface area contributed by atoms with Crippen molar-refractivity contribution in [2.45, 2.75) is 55.2 Å². The molecular weight excluding hydrogens is 450 g/mol. The van der Waals surface area contributed by atoms with E-state index >= 15 is 0 Å². The van der Waals surface area contributed by atoms with Gasteiger partial charge in [-0.25, -0.2) is 0 Å². The predicted molar refractivity (Wildman–Crippen MR) is 125 cm³/mol. The molecule has 1 aromatic carbocycles. The summed E-state index contributed by atoms with van der Waals surface area (Å²) >= 11 is 7.59. The Morgan fingerprint density at radius 1 is 1.25 bits per heavy atom. The Hall–Kier alpha value is -1.77. The van der Waals surface area contributed by atoms with Gasteiger partial charge in [-0.2, -0.15) is 0 Å². The largest absolute Gasteiger partial charge is 0.394 e. The Balaban J connectivity index is 1.79. The number of amides is 3. The van der Waals surface area contributed by atoms with Crippen molar-refractivity contribution in [2.75, 3.05) is 19.0 Å². The second-order valence-electron chi connectivity index (χ2n) is 9.58. The molecule has 1 aromatic rings. The van der Waals surface area contributed by atoms with Crippen LogP contribution in [-0.4, -0.2) is 63.0 Å². The number of benzene rings is 1. The molecule has 0 aromatic heterocycles. The van der Waals surface area contributed by atoms with E-state index in [9.17, 15) is 19.5 Å². The molecule has 3 amide bonds. The van der Waals surface area contributed by atoms with Crippen LogP contribution in [0, 0.1) is 17.8 Å². The SMILES string of the molecule is CNC(=O)[C@H]1[C@H]2C(=O)N([C@@H](CO)C(C)C)C(C(=O)Nc3ccc(Cl)cc3)C23CC[C@]1(C)S3. The number of fused-ring (bicyclic) bond motifs is 1. The van der Waals surface area contributed by atoms with Gasteiger partial charge in [-0.1, -0.05) is 25.4 Å². The number of nitrogens with one attached hydrogen (secondary N) is 2. The van der Waals surface area contributed by atoms with Gasteiger partial charge in [-0.05, 0) is 49.9 Å². The van der Waals surface area contributed by atoms with Crippen LogP contribution in [0.5, 0.6) is 0 Å². The van der Waals surface area contributed by atoms with Crippen LogP contribution in [0.15, 0.2) is 24.3 Å². The summed E-state index contributed by atoms with van der Waals surface area (Å²) in [5, 5.41) is 16.4. The van der Waals surface area contributed by atoms with E-state index in [0.29, 0.717) is 17.1 Å². The molecule has 2 unspecified atom stereocenters. The van der Waals surface area contributed by atoms with E-state index in [-0.39, 0.29) is 30.2 Å². The fourth-order valence-electron chi connectivity index (χ4n) is 5.94. The zero-order chi connectivity index (χ0) is 23.4. The molecule has 3 aliphatic heterocycles. The number of hydrogen-bond donors (Lipinski definition) is 3. The Morgan fingerprint density at radius 2 is 1.91 bits per heavy atom. The smallest absolute Gasteiger partial charge is 0.248 e. The molecule has 3 heterocycles. The van der Waals surface area contributed by atoms with E-state index in [1.807, 2.05) is 20.8 Å². The topological polar surface area (TPSA) is 98.7 Å². The third kappa shape index (κ3) is 3.33. The van der Waals surface area contributed by atoms with Gasteiger partial charge >= 0.3 is 0 Å². The lowest BCUT2D eigenvalue weighted by Crippen LogP contribution is -2.56. The molecule has 0 saturated carbocycles. The highest BCUT2D eigenvalue weighted by Crippen LogP contribution is 2.71. The lowest BCUT2D eigenvalue weighted by atomic mass is 9.66. The van der Waals surface area contributed by atoms with Gasteiger partial charge in [-0.15, -0.1) is 11.8 Å². The minimum absolute atomic E-state index is 0.0544. The van der Waals surface area contributed by atoms with Gasteiger partial charge < -0.3 is 20.6 Å². The van der Waals surface area contributed by atoms with Crippen molar-refractivity contribution in [3.63, 3.8) is 0 Å². The number of carbonyl (C=O) groups is 3. The highest BCUT2D eigenvalue weighted by atomic mass is 35.5. The number of carbonyl (C=O) groups excluding carboxylic acids is 3. The highest BCUT2D eigenvalue weighted by Gasteiger charge is 2.77.